The monoisotopic (exact) mass is 307 g/mol. The summed E-state index contributed by atoms with van der Waals surface area (Å²) in [5.74, 6) is 0. The third-order valence-electron chi connectivity index (χ3n) is 4.58. The Morgan fingerprint density at radius 3 is 2.57 bits per heavy atom. The van der Waals surface area contributed by atoms with Crippen LogP contribution in [0.15, 0.2) is 0 Å². The van der Waals surface area contributed by atoms with Crippen molar-refractivity contribution >= 4 is 23.4 Å². The van der Waals surface area contributed by atoms with Crippen molar-refractivity contribution in [2.24, 2.45) is 7.05 Å². The van der Waals surface area contributed by atoms with Gasteiger partial charge in [0.1, 0.15) is 5.52 Å². The van der Waals surface area contributed by atoms with Crippen LogP contribution in [0.5, 0.6) is 0 Å². The molecule has 0 aromatic carbocycles. The van der Waals surface area contributed by atoms with Crippen LogP contribution in [0.25, 0.3) is 11.2 Å². The van der Waals surface area contributed by atoms with E-state index in [2.05, 4.69) is 40.5 Å². The van der Waals surface area contributed by atoms with Gasteiger partial charge in [-0.15, -0.1) is 0 Å². The second kappa shape index (κ2) is 5.48. The van der Waals surface area contributed by atoms with Crippen LogP contribution < -0.4 is 5.01 Å². The van der Waals surface area contributed by atoms with E-state index in [9.17, 15) is 0 Å². The van der Waals surface area contributed by atoms with Gasteiger partial charge in [0.15, 0.2) is 10.4 Å². The molecule has 2 aromatic rings. The Balaban J connectivity index is 2.18. The van der Waals surface area contributed by atoms with Crippen LogP contribution in [0.1, 0.15) is 52.1 Å². The molecule has 0 radical (unpaired) electrons. The fraction of sp³-hybridized carbons (Fsp3) is 0.733. The van der Waals surface area contributed by atoms with E-state index in [4.69, 9.17) is 12.2 Å². The molecule has 5 nitrogen and oxygen atoms in total. The number of aromatic nitrogens is 4. The van der Waals surface area contributed by atoms with Gasteiger partial charge in [-0.05, 0) is 51.7 Å². The number of piperidine rings is 1. The van der Waals surface area contributed by atoms with E-state index >= 15 is 0 Å². The molecule has 3 heterocycles. The van der Waals surface area contributed by atoms with Crippen molar-refractivity contribution in [1.29, 1.82) is 0 Å². The smallest absolute Gasteiger partial charge is 0.198 e. The molecule has 0 amide bonds. The number of H-pyrrole nitrogens is 1. The number of aryl methyl sites for hydroxylation is 2. The first-order chi connectivity index (χ1) is 10.0. The second-order valence-corrected chi connectivity index (χ2v) is 6.66. The van der Waals surface area contributed by atoms with E-state index in [1.165, 1.54) is 19.3 Å². The summed E-state index contributed by atoms with van der Waals surface area (Å²) in [5.41, 5.74) is 3.33. The van der Waals surface area contributed by atoms with Crippen molar-refractivity contribution in [3.05, 3.63) is 10.5 Å². The lowest BCUT2D eigenvalue weighted by atomic mass is 10.00. The SMILES string of the molecule is CCCc1nn(C)c2c1[nH]c(=S)n2N1C(C)CCCC1C. The van der Waals surface area contributed by atoms with Crippen LogP contribution in [0.4, 0.5) is 0 Å². The Morgan fingerprint density at radius 2 is 1.95 bits per heavy atom. The Morgan fingerprint density at radius 1 is 1.29 bits per heavy atom. The third-order valence-corrected chi connectivity index (χ3v) is 4.85. The van der Waals surface area contributed by atoms with Gasteiger partial charge < -0.3 is 9.99 Å². The molecular formula is C15H25N5S. The van der Waals surface area contributed by atoms with Crippen molar-refractivity contribution < 1.29 is 0 Å². The van der Waals surface area contributed by atoms with E-state index in [0.717, 1.165) is 34.5 Å². The maximum atomic E-state index is 5.62. The molecular weight excluding hydrogens is 282 g/mol. The minimum atomic E-state index is 0.504. The van der Waals surface area contributed by atoms with Crippen LogP contribution in [-0.2, 0) is 13.5 Å². The zero-order valence-corrected chi connectivity index (χ0v) is 14.2. The maximum Gasteiger partial charge on any atom is 0.198 e. The molecule has 1 saturated heterocycles. The van der Waals surface area contributed by atoms with Crippen molar-refractivity contribution in [2.75, 3.05) is 5.01 Å². The van der Waals surface area contributed by atoms with Gasteiger partial charge in [0, 0.05) is 19.1 Å². The normalized spacial score (nSPS) is 23.1. The Hall–Kier alpha value is -1.30. The standard InChI is InChI=1S/C15H25N5S/c1-5-7-12-13-14(18(4)17-12)20(15(21)16-13)19-10(2)8-6-9-11(19)3/h10-11H,5-9H2,1-4H3,(H,16,21). The number of nitrogens with zero attached hydrogens (tertiary/aromatic N) is 4. The maximum absolute atomic E-state index is 5.62. The lowest BCUT2D eigenvalue weighted by Crippen LogP contribution is -2.51. The first kappa shape index (κ1) is 14.6. The molecule has 0 bridgehead atoms. The molecule has 6 heteroatoms. The summed E-state index contributed by atoms with van der Waals surface area (Å²) in [6.45, 7) is 6.76. The van der Waals surface area contributed by atoms with Gasteiger partial charge >= 0.3 is 0 Å². The zero-order chi connectivity index (χ0) is 15.1. The topological polar surface area (TPSA) is 41.8 Å². The van der Waals surface area contributed by atoms with Crippen LogP contribution in [0.2, 0.25) is 0 Å². The predicted molar refractivity (Wildman–Crippen MR) is 88.9 cm³/mol. The molecule has 2 atom stereocenters. The van der Waals surface area contributed by atoms with Crippen LogP contribution in [-0.4, -0.2) is 31.5 Å². The minimum Gasteiger partial charge on any atom is -0.326 e. The van der Waals surface area contributed by atoms with Crippen molar-refractivity contribution in [1.82, 2.24) is 19.4 Å². The van der Waals surface area contributed by atoms with Crippen molar-refractivity contribution in [3.63, 3.8) is 0 Å². The summed E-state index contributed by atoms with van der Waals surface area (Å²) in [7, 11) is 2.01. The van der Waals surface area contributed by atoms with Gasteiger partial charge in [0.05, 0.1) is 5.69 Å². The number of fused-ring (bicyclic) bond motifs is 1. The van der Waals surface area contributed by atoms with E-state index < -0.39 is 0 Å². The third kappa shape index (κ3) is 2.29. The lowest BCUT2D eigenvalue weighted by molar-refractivity contribution is 0.337. The summed E-state index contributed by atoms with van der Waals surface area (Å²) in [5, 5.41) is 7.11. The van der Waals surface area contributed by atoms with Gasteiger partial charge in [0.2, 0.25) is 0 Å². The fourth-order valence-electron chi connectivity index (χ4n) is 3.62. The molecule has 116 valence electrons. The average Bonchev–Trinajstić information content (AvgIpc) is 2.90. The molecule has 1 aliphatic rings. The number of imidazole rings is 1. The van der Waals surface area contributed by atoms with E-state index in [0.29, 0.717) is 12.1 Å². The number of nitrogens with one attached hydrogen (secondary N) is 1. The summed E-state index contributed by atoms with van der Waals surface area (Å²) in [6.07, 6.45) is 5.81. The molecule has 1 aliphatic heterocycles. The Bertz CT molecular complexity index is 685. The highest BCUT2D eigenvalue weighted by Crippen LogP contribution is 2.26. The summed E-state index contributed by atoms with van der Waals surface area (Å²) >= 11 is 5.62. The van der Waals surface area contributed by atoms with Gasteiger partial charge in [-0.2, -0.15) is 5.10 Å². The fourth-order valence-corrected chi connectivity index (χ4v) is 3.91. The Kier molecular flexibility index (Phi) is 3.82. The lowest BCUT2D eigenvalue weighted by Gasteiger charge is -2.41. The van der Waals surface area contributed by atoms with Gasteiger partial charge in [0.25, 0.3) is 0 Å². The predicted octanol–water partition coefficient (Wildman–Crippen LogP) is 3.28. The van der Waals surface area contributed by atoms with E-state index in [1.807, 2.05) is 11.7 Å². The van der Waals surface area contributed by atoms with E-state index in [1.54, 1.807) is 0 Å². The second-order valence-electron chi connectivity index (χ2n) is 6.27. The molecule has 1 N–H and O–H groups in total. The molecule has 0 saturated carbocycles. The quantitative estimate of drug-likeness (QED) is 0.885. The molecule has 2 aromatic heterocycles. The first-order valence-corrected chi connectivity index (χ1v) is 8.40. The summed E-state index contributed by atoms with van der Waals surface area (Å²) < 4.78 is 4.95. The van der Waals surface area contributed by atoms with Gasteiger partial charge in [-0.1, -0.05) is 13.3 Å². The number of hydrogen-bond acceptors (Lipinski definition) is 3. The first-order valence-electron chi connectivity index (χ1n) is 7.99. The van der Waals surface area contributed by atoms with Crippen LogP contribution >= 0.6 is 12.2 Å². The molecule has 1 fully saturated rings. The summed E-state index contributed by atoms with van der Waals surface area (Å²) in [6, 6.07) is 1.01. The molecule has 2 unspecified atom stereocenters. The summed E-state index contributed by atoms with van der Waals surface area (Å²) in [4.78, 5) is 3.39. The number of aromatic amines is 1. The van der Waals surface area contributed by atoms with Gasteiger partial charge in [-0.25, -0.2) is 9.36 Å². The van der Waals surface area contributed by atoms with Gasteiger partial charge in [-0.3, -0.25) is 0 Å². The van der Waals surface area contributed by atoms with Crippen LogP contribution in [0.3, 0.4) is 0 Å². The Labute approximate surface area is 130 Å². The number of hydrogen-bond donors (Lipinski definition) is 1. The average molecular weight is 307 g/mol. The van der Waals surface area contributed by atoms with E-state index in [-0.39, 0.29) is 0 Å². The van der Waals surface area contributed by atoms with Crippen LogP contribution in [0, 0.1) is 4.77 Å². The minimum absolute atomic E-state index is 0.504. The van der Waals surface area contributed by atoms with Crippen molar-refractivity contribution in [3.8, 4) is 0 Å². The molecule has 21 heavy (non-hydrogen) atoms. The zero-order valence-electron chi connectivity index (χ0n) is 13.4. The molecule has 3 rings (SSSR count). The highest BCUT2D eigenvalue weighted by atomic mass is 32.1. The highest BCUT2D eigenvalue weighted by Gasteiger charge is 2.28. The highest BCUT2D eigenvalue weighted by molar-refractivity contribution is 7.71. The van der Waals surface area contributed by atoms with Crippen molar-refractivity contribution in [2.45, 2.75) is 65.0 Å². The number of rotatable bonds is 3. The largest absolute Gasteiger partial charge is 0.326 e. The molecule has 0 aliphatic carbocycles. The molecule has 0 spiro atoms.